The third-order valence-electron chi connectivity index (χ3n) is 3.38. The molecule has 0 aliphatic carbocycles. The van der Waals surface area contributed by atoms with Crippen LogP contribution in [0.15, 0.2) is 23.1 Å². The molecule has 0 radical (unpaired) electrons. The van der Waals surface area contributed by atoms with Gasteiger partial charge < -0.3 is 10.1 Å². The van der Waals surface area contributed by atoms with Crippen molar-refractivity contribution in [3.05, 3.63) is 18.2 Å². The predicted molar refractivity (Wildman–Crippen MR) is 99.3 cm³/mol. The number of hydrogen-bond acceptors (Lipinski definition) is 5. The van der Waals surface area contributed by atoms with Crippen LogP contribution in [0.5, 0.6) is 5.75 Å². The summed E-state index contributed by atoms with van der Waals surface area (Å²) in [6, 6.07) is 4.71. The smallest absolute Gasteiger partial charge is 0.246 e. The van der Waals surface area contributed by atoms with Gasteiger partial charge in [0.1, 0.15) is 10.6 Å². The van der Waals surface area contributed by atoms with Gasteiger partial charge in [0.05, 0.1) is 6.61 Å². The molecular formula is C16H26N2O4S2. The Kier molecular flexibility index (Phi) is 8.58. The fraction of sp³-hybridized carbons (Fsp3) is 0.562. The maximum absolute atomic E-state index is 12.8. The van der Waals surface area contributed by atoms with Crippen molar-refractivity contribution in [3.63, 3.8) is 0 Å². The first-order chi connectivity index (χ1) is 11.4. The molecule has 1 aromatic carbocycles. The number of carbonyl (C=O) groups is 1. The van der Waals surface area contributed by atoms with E-state index >= 15 is 0 Å². The van der Waals surface area contributed by atoms with Crippen LogP contribution < -0.4 is 10.1 Å². The maximum atomic E-state index is 12.8. The van der Waals surface area contributed by atoms with Crippen LogP contribution in [0.2, 0.25) is 0 Å². The van der Waals surface area contributed by atoms with Gasteiger partial charge in [-0.25, -0.2) is 8.42 Å². The normalized spacial score (nSPS) is 11.5. The zero-order valence-electron chi connectivity index (χ0n) is 14.7. The number of benzene rings is 1. The van der Waals surface area contributed by atoms with Gasteiger partial charge in [-0.3, -0.25) is 4.79 Å². The standard InChI is InChI=1S/C16H26N2O4S2/c1-5-18(6-2)24(20,21)15-12-13(8-9-14(15)22-7-3)17-16(19)10-11-23-4/h8-9,12H,5-7,10-11H2,1-4H3,(H,17,19). The maximum Gasteiger partial charge on any atom is 0.246 e. The van der Waals surface area contributed by atoms with Crippen LogP contribution in [-0.4, -0.2) is 50.3 Å². The highest BCUT2D eigenvalue weighted by Crippen LogP contribution is 2.30. The molecule has 1 aromatic rings. The number of carbonyl (C=O) groups excluding carboxylic acids is 1. The van der Waals surface area contributed by atoms with Crippen molar-refractivity contribution in [3.8, 4) is 5.75 Å². The van der Waals surface area contributed by atoms with Gasteiger partial charge in [-0.15, -0.1) is 0 Å². The topological polar surface area (TPSA) is 75.7 Å². The van der Waals surface area contributed by atoms with Gasteiger partial charge in [-0.1, -0.05) is 13.8 Å². The van der Waals surface area contributed by atoms with E-state index in [1.165, 1.54) is 10.4 Å². The van der Waals surface area contributed by atoms with Crippen LogP contribution in [0.4, 0.5) is 5.69 Å². The van der Waals surface area contributed by atoms with E-state index in [0.717, 1.165) is 0 Å². The lowest BCUT2D eigenvalue weighted by Gasteiger charge is -2.21. The second-order valence-corrected chi connectivity index (χ2v) is 7.87. The van der Waals surface area contributed by atoms with Crippen LogP contribution in [0.1, 0.15) is 27.2 Å². The Morgan fingerprint density at radius 1 is 1.25 bits per heavy atom. The van der Waals surface area contributed by atoms with E-state index in [2.05, 4.69) is 5.32 Å². The zero-order chi connectivity index (χ0) is 18.2. The third kappa shape index (κ3) is 5.39. The first kappa shape index (κ1) is 20.8. The largest absolute Gasteiger partial charge is 0.492 e. The lowest BCUT2D eigenvalue weighted by Crippen LogP contribution is -2.31. The van der Waals surface area contributed by atoms with E-state index in [0.29, 0.717) is 43.3 Å². The van der Waals surface area contributed by atoms with Gasteiger partial charge in [-0.05, 0) is 31.4 Å². The summed E-state index contributed by atoms with van der Waals surface area (Å²) in [5, 5.41) is 2.74. The van der Waals surface area contributed by atoms with E-state index in [9.17, 15) is 13.2 Å². The van der Waals surface area contributed by atoms with Crippen molar-refractivity contribution in [2.75, 3.05) is 37.0 Å². The molecule has 1 N–H and O–H groups in total. The molecule has 1 rings (SSSR count). The molecule has 0 aliphatic heterocycles. The Labute approximate surface area is 149 Å². The fourth-order valence-electron chi connectivity index (χ4n) is 2.18. The van der Waals surface area contributed by atoms with Crippen LogP contribution in [0.25, 0.3) is 0 Å². The van der Waals surface area contributed by atoms with Crippen LogP contribution >= 0.6 is 11.8 Å². The Hall–Kier alpha value is -1.25. The molecule has 0 bridgehead atoms. The van der Waals surface area contributed by atoms with Crippen LogP contribution in [0.3, 0.4) is 0 Å². The van der Waals surface area contributed by atoms with Crippen LogP contribution in [-0.2, 0) is 14.8 Å². The quantitative estimate of drug-likeness (QED) is 0.681. The van der Waals surface area contributed by atoms with E-state index < -0.39 is 10.0 Å². The Morgan fingerprint density at radius 3 is 2.46 bits per heavy atom. The van der Waals surface area contributed by atoms with E-state index in [1.807, 2.05) is 6.26 Å². The SMILES string of the molecule is CCOc1ccc(NC(=O)CCSC)cc1S(=O)(=O)N(CC)CC. The molecule has 0 aromatic heterocycles. The molecule has 0 saturated carbocycles. The minimum atomic E-state index is -3.68. The molecule has 0 saturated heterocycles. The lowest BCUT2D eigenvalue weighted by molar-refractivity contribution is -0.115. The molecule has 6 nitrogen and oxygen atoms in total. The summed E-state index contributed by atoms with van der Waals surface area (Å²) in [6.07, 6.45) is 2.31. The Morgan fingerprint density at radius 2 is 1.92 bits per heavy atom. The van der Waals surface area contributed by atoms with E-state index in [1.54, 1.807) is 44.7 Å². The molecule has 0 fully saturated rings. The minimum absolute atomic E-state index is 0.0794. The van der Waals surface area contributed by atoms with Crippen molar-refractivity contribution in [2.45, 2.75) is 32.1 Å². The molecule has 24 heavy (non-hydrogen) atoms. The molecule has 136 valence electrons. The molecule has 0 aliphatic rings. The number of anilines is 1. The van der Waals surface area contributed by atoms with Gasteiger partial charge in [0.25, 0.3) is 0 Å². The Balaban J connectivity index is 3.20. The summed E-state index contributed by atoms with van der Waals surface area (Å²) in [4.78, 5) is 12.0. The average molecular weight is 375 g/mol. The van der Waals surface area contributed by atoms with Crippen molar-refractivity contribution in [1.29, 1.82) is 0 Å². The fourth-order valence-corrected chi connectivity index (χ4v) is 4.19. The molecule has 0 unspecified atom stereocenters. The summed E-state index contributed by atoms with van der Waals surface area (Å²) in [5.41, 5.74) is 0.454. The molecule has 8 heteroatoms. The van der Waals surface area contributed by atoms with Crippen molar-refractivity contribution in [1.82, 2.24) is 4.31 Å². The van der Waals surface area contributed by atoms with Gasteiger partial charge >= 0.3 is 0 Å². The summed E-state index contributed by atoms with van der Waals surface area (Å²) in [7, 11) is -3.68. The zero-order valence-corrected chi connectivity index (χ0v) is 16.3. The Bertz CT molecular complexity index is 643. The second-order valence-electron chi connectivity index (χ2n) is 4.97. The van der Waals surface area contributed by atoms with Gasteiger partial charge in [0.15, 0.2) is 0 Å². The minimum Gasteiger partial charge on any atom is -0.492 e. The number of rotatable bonds is 10. The van der Waals surface area contributed by atoms with Crippen LogP contribution in [0, 0.1) is 0 Å². The average Bonchev–Trinajstić information content (AvgIpc) is 2.55. The van der Waals surface area contributed by atoms with Gasteiger partial charge in [-0.2, -0.15) is 16.1 Å². The molecule has 0 spiro atoms. The number of thioether (sulfide) groups is 1. The number of amides is 1. The van der Waals surface area contributed by atoms with E-state index in [4.69, 9.17) is 4.74 Å². The summed E-state index contributed by atoms with van der Waals surface area (Å²) >= 11 is 1.58. The number of nitrogens with zero attached hydrogens (tertiary/aromatic N) is 1. The second kappa shape index (κ2) is 9.90. The highest BCUT2D eigenvalue weighted by atomic mass is 32.2. The first-order valence-electron chi connectivity index (χ1n) is 7.96. The summed E-state index contributed by atoms with van der Waals surface area (Å²) in [6.45, 7) is 6.47. The summed E-state index contributed by atoms with van der Waals surface area (Å²) in [5.74, 6) is 0.874. The number of ether oxygens (including phenoxy) is 1. The predicted octanol–water partition coefficient (Wildman–Crippen LogP) is 2.81. The van der Waals surface area contributed by atoms with Gasteiger partial charge in [0.2, 0.25) is 15.9 Å². The van der Waals surface area contributed by atoms with Crippen molar-refractivity contribution >= 4 is 33.4 Å². The van der Waals surface area contributed by atoms with Crippen molar-refractivity contribution < 1.29 is 17.9 Å². The highest BCUT2D eigenvalue weighted by molar-refractivity contribution is 7.98. The monoisotopic (exact) mass is 374 g/mol. The molecular weight excluding hydrogens is 348 g/mol. The molecule has 1 amide bonds. The molecule has 0 atom stereocenters. The van der Waals surface area contributed by atoms with Crippen molar-refractivity contribution in [2.24, 2.45) is 0 Å². The highest BCUT2D eigenvalue weighted by Gasteiger charge is 2.26. The number of sulfonamides is 1. The number of hydrogen-bond donors (Lipinski definition) is 1. The molecule has 0 heterocycles. The summed E-state index contributed by atoms with van der Waals surface area (Å²) < 4.78 is 32.5. The lowest BCUT2D eigenvalue weighted by atomic mass is 10.3. The third-order valence-corrected chi connectivity index (χ3v) is 6.07. The number of nitrogens with one attached hydrogen (secondary N) is 1. The first-order valence-corrected chi connectivity index (χ1v) is 10.8. The van der Waals surface area contributed by atoms with E-state index in [-0.39, 0.29) is 10.8 Å². The van der Waals surface area contributed by atoms with Gasteiger partial charge in [0, 0.05) is 31.0 Å².